The summed E-state index contributed by atoms with van der Waals surface area (Å²) < 4.78 is 2.20. The van der Waals surface area contributed by atoms with Crippen molar-refractivity contribution in [2.24, 2.45) is 0 Å². The summed E-state index contributed by atoms with van der Waals surface area (Å²) in [6.45, 7) is 7.34. The molecule has 0 aliphatic heterocycles. The number of hydrogen-bond donors (Lipinski definition) is 1. The molecule has 0 aliphatic rings. The Labute approximate surface area is 256 Å². The molecule has 6 nitrogen and oxygen atoms in total. The summed E-state index contributed by atoms with van der Waals surface area (Å²) in [5.74, 6) is 0.123. The minimum absolute atomic E-state index is 0.0713. The lowest BCUT2D eigenvalue weighted by atomic mass is 9.87. The number of aromatic nitrogens is 4. The molecule has 2 heterocycles. The number of carbonyl (C=O) groups excluding carboxylic acids is 1. The van der Waals surface area contributed by atoms with Crippen molar-refractivity contribution in [3.63, 3.8) is 0 Å². The molecule has 43 heavy (non-hydrogen) atoms. The van der Waals surface area contributed by atoms with E-state index in [2.05, 4.69) is 102 Å². The molecule has 0 fully saturated rings. The molecule has 2 aromatic heterocycles. The van der Waals surface area contributed by atoms with Crippen molar-refractivity contribution < 1.29 is 4.79 Å². The number of nitrogens with zero attached hydrogens (tertiary/aromatic N) is 4. The third kappa shape index (κ3) is 6.62. The van der Waals surface area contributed by atoms with Crippen LogP contribution < -0.4 is 5.32 Å². The van der Waals surface area contributed by atoms with E-state index in [1.807, 2.05) is 48.5 Å². The Morgan fingerprint density at radius 3 is 2.21 bits per heavy atom. The van der Waals surface area contributed by atoms with Gasteiger partial charge in [0.25, 0.3) is 0 Å². The zero-order chi connectivity index (χ0) is 29.8. The van der Waals surface area contributed by atoms with Gasteiger partial charge in [0, 0.05) is 11.9 Å². The lowest BCUT2D eigenvalue weighted by molar-refractivity contribution is -0.119. The van der Waals surface area contributed by atoms with Gasteiger partial charge in [-0.05, 0) is 40.2 Å². The average Bonchev–Trinajstić information content (AvgIpc) is 3.33. The molecule has 1 unspecified atom stereocenters. The number of thioether (sulfide) groups is 1. The number of fused-ring (bicyclic) bond motifs is 3. The van der Waals surface area contributed by atoms with E-state index in [-0.39, 0.29) is 23.1 Å². The summed E-state index contributed by atoms with van der Waals surface area (Å²) in [4.78, 5) is 18.1. The second-order valence-corrected chi connectivity index (χ2v) is 12.8. The fourth-order valence-electron chi connectivity index (χ4n) is 5.36. The molecule has 0 saturated carbocycles. The highest BCUT2D eigenvalue weighted by molar-refractivity contribution is 7.99. The molecule has 7 heteroatoms. The van der Waals surface area contributed by atoms with Gasteiger partial charge in [0.15, 0.2) is 5.65 Å². The Morgan fingerprint density at radius 1 is 0.814 bits per heavy atom. The third-order valence-corrected chi connectivity index (χ3v) is 8.51. The molecule has 6 aromatic rings. The van der Waals surface area contributed by atoms with E-state index in [1.54, 1.807) is 0 Å². The number of benzene rings is 4. The predicted octanol–water partition coefficient (Wildman–Crippen LogP) is 7.52. The highest BCUT2D eigenvalue weighted by Gasteiger charge is 2.19. The lowest BCUT2D eigenvalue weighted by Gasteiger charge is -2.19. The summed E-state index contributed by atoms with van der Waals surface area (Å²) >= 11 is 1.31. The van der Waals surface area contributed by atoms with E-state index >= 15 is 0 Å². The van der Waals surface area contributed by atoms with E-state index in [0.29, 0.717) is 18.1 Å². The second-order valence-electron chi connectivity index (χ2n) is 11.8. The fourth-order valence-corrected chi connectivity index (χ4v) is 5.95. The molecule has 216 valence electrons. The van der Waals surface area contributed by atoms with Crippen molar-refractivity contribution >= 4 is 39.7 Å². The first-order valence-corrected chi connectivity index (χ1v) is 15.6. The molecule has 0 radical (unpaired) electrons. The van der Waals surface area contributed by atoms with Crippen LogP contribution in [-0.4, -0.2) is 31.4 Å². The normalized spacial score (nSPS) is 12.4. The molecule has 0 bridgehead atoms. The van der Waals surface area contributed by atoms with E-state index < -0.39 is 0 Å². The first kappa shape index (κ1) is 28.6. The van der Waals surface area contributed by atoms with Crippen LogP contribution in [0.4, 0.5) is 0 Å². The molecule has 6 rings (SSSR count). The van der Waals surface area contributed by atoms with Gasteiger partial charge < -0.3 is 9.88 Å². The minimum atomic E-state index is -0.134. The minimum Gasteiger partial charge on any atom is -0.348 e. The highest BCUT2D eigenvalue weighted by atomic mass is 32.2. The van der Waals surface area contributed by atoms with Gasteiger partial charge in [0.05, 0.1) is 17.3 Å². The van der Waals surface area contributed by atoms with E-state index in [1.165, 1.54) is 28.5 Å². The van der Waals surface area contributed by atoms with Gasteiger partial charge in [-0.25, -0.2) is 4.98 Å². The van der Waals surface area contributed by atoms with Crippen molar-refractivity contribution in [3.8, 4) is 0 Å². The maximum atomic E-state index is 13.2. The standard InChI is InChI=1S/C36H35N5OS/c1-36(2,3)28-20-18-26(19-21-28)23-41-31-17-11-10-16-29(31)33-34(41)38-35(40-39-33)43-24-32(42)37-30(27-14-8-5-9-15-27)22-25-12-6-4-7-13-25/h4-21,30H,22-24H2,1-3H3,(H,37,42). The predicted molar refractivity (Wildman–Crippen MR) is 175 cm³/mol. The SMILES string of the molecule is CC(C)(C)c1ccc(Cn2c3ccccc3c3nnc(SCC(=O)NC(Cc4ccccc4)c4ccccc4)nc32)cc1. The molecule has 0 aliphatic carbocycles. The lowest BCUT2D eigenvalue weighted by Crippen LogP contribution is -2.31. The van der Waals surface area contributed by atoms with Crippen LogP contribution in [0.25, 0.3) is 22.1 Å². The molecule has 1 amide bonds. The Kier molecular flexibility index (Phi) is 8.25. The smallest absolute Gasteiger partial charge is 0.230 e. The molecular weight excluding hydrogens is 550 g/mol. The van der Waals surface area contributed by atoms with Crippen LogP contribution in [0.15, 0.2) is 114 Å². The zero-order valence-corrected chi connectivity index (χ0v) is 25.5. The van der Waals surface area contributed by atoms with Crippen molar-refractivity contribution in [2.45, 2.75) is 50.4 Å². The first-order chi connectivity index (χ1) is 20.8. The summed E-state index contributed by atoms with van der Waals surface area (Å²) in [7, 11) is 0. The Hall–Kier alpha value is -4.49. The molecule has 4 aromatic carbocycles. The average molecular weight is 586 g/mol. The van der Waals surface area contributed by atoms with Gasteiger partial charge in [0.1, 0.15) is 5.52 Å². The van der Waals surface area contributed by atoms with Crippen LogP contribution in [0.1, 0.15) is 49.1 Å². The van der Waals surface area contributed by atoms with Crippen LogP contribution >= 0.6 is 11.8 Å². The topological polar surface area (TPSA) is 72.7 Å². The van der Waals surface area contributed by atoms with Crippen molar-refractivity contribution in [1.82, 2.24) is 25.1 Å². The second kappa shape index (κ2) is 12.4. The van der Waals surface area contributed by atoms with Gasteiger partial charge in [-0.15, -0.1) is 10.2 Å². The maximum absolute atomic E-state index is 13.2. The first-order valence-electron chi connectivity index (χ1n) is 14.6. The van der Waals surface area contributed by atoms with Crippen LogP contribution in [0.3, 0.4) is 0 Å². The Morgan fingerprint density at radius 2 is 1.49 bits per heavy atom. The highest BCUT2D eigenvalue weighted by Crippen LogP contribution is 2.29. The van der Waals surface area contributed by atoms with Crippen molar-refractivity contribution in [1.29, 1.82) is 0 Å². The monoisotopic (exact) mass is 585 g/mol. The number of hydrogen-bond acceptors (Lipinski definition) is 5. The number of nitrogens with one attached hydrogen (secondary N) is 1. The van der Waals surface area contributed by atoms with E-state index in [4.69, 9.17) is 4.98 Å². The molecule has 1 atom stereocenters. The Bertz CT molecular complexity index is 1840. The number of amides is 1. The third-order valence-electron chi connectivity index (χ3n) is 7.67. The Balaban J connectivity index is 1.22. The summed E-state index contributed by atoms with van der Waals surface area (Å²) in [6.07, 6.45) is 0.710. The van der Waals surface area contributed by atoms with E-state index in [0.717, 1.165) is 27.6 Å². The molecule has 1 N–H and O–H groups in total. The number of carbonyl (C=O) groups is 1. The molecule has 0 saturated heterocycles. The van der Waals surface area contributed by atoms with Gasteiger partial charge >= 0.3 is 0 Å². The summed E-state index contributed by atoms with van der Waals surface area (Å²) in [6, 6.07) is 37.2. The van der Waals surface area contributed by atoms with Crippen LogP contribution in [0.2, 0.25) is 0 Å². The number of rotatable bonds is 9. The van der Waals surface area contributed by atoms with Gasteiger partial charge in [-0.1, -0.05) is 136 Å². The summed E-state index contributed by atoms with van der Waals surface area (Å²) in [5, 5.41) is 13.7. The summed E-state index contributed by atoms with van der Waals surface area (Å²) in [5.41, 5.74) is 7.43. The number of para-hydroxylation sites is 1. The van der Waals surface area contributed by atoms with Crippen molar-refractivity contribution in [3.05, 3.63) is 131 Å². The maximum Gasteiger partial charge on any atom is 0.230 e. The molecule has 0 spiro atoms. The van der Waals surface area contributed by atoms with Crippen LogP contribution in [0, 0.1) is 0 Å². The fraction of sp³-hybridized carbons (Fsp3) is 0.222. The van der Waals surface area contributed by atoms with Crippen LogP contribution in [0.5, 0.6) is 0 Å². The largest absolute Gasteiger partial charge is 0.348 e. The van der Waals surface area contributed by atoms with Gasteiger partial charge in [-0.3, -0.25) is 4.79 Å². The van der Waals surface area contributed by atoms with Gasteiger partial charge in [-0.2, -0.15) is 0 Å². The molecular formula is C36H35N5OS. The van der Waals surface area contributed by atoms with Crippen molar-refractivity contribution in [2.75, 3.05) is 5.75 Å². The zero-order valence-electron chi connectivity index (χ0n) is 24.7. The quantitative estimate of drug-likeness (QED) is 0.178. The van der Waals surface area contributed by atoms with E-state index in [9.17, 15) is 4.79 Å². The van der Waals surface area contributed by atoms with Crippen LogP contribution in [-0.2, 0) is 23.2 Å². The van der Waals surface area contributed by atoms with Gasteiger partial charge in [0.2, 0.25) is 11.1 Å².